The van der Waals surface area contributed by atoms with Crippen molar-refractivity contribution in [3.05, 3.63) is 59.4 Å². The van der Waals surface area contributed by atoms with Crippen LogP contribution < -0.4 is 5.32 Å². The van der Waals surface area contributed by atoms with E-state index in [1.807, 2.05) is 25.1 Å². The minimum atomic E-state index is -0.972. The molecule has 21 heavy (non-hydrogen) atoms. The number of benzene rings is 1. The standard InChI is InChI=1S/C16H18N2O3/c1-12-4-2-5-13(10-12)7-8-17-16(21)14-6-3-9-18(14)11-15(19)20/h2-6,9-10H,7-8,11H2,1H3,(H,17,21)(H,19,20). The Morgan fingerprint density at radius 3 is 2.76 bits per heavy atom. The van der Waals surface area contributed by atoms with E-state index in [-0.39, 0.29) is 12.5 Å². The Hall–Kier alpha value is -2.56. The van der Waals surface area contributed by atoms with Crippen LogP contribution in [-0.4, -0.2) is 28.1 Å². The van der Waals surface area contributed by atoms with Gasteiger partial charge >= 0.3 is 5.97 Å². The van der Waals surface area contributed by atoms with E-state index in [4.69, 9.17) is 5.11 Å². The first-order valence-electron chi connectivity index (χ1n) is 6.77. The molecule has 0 atom stereocenters. The van der Waals surface area contributed by atoms with E-state index in [0.29, 0.717) is 12.2 Å². The van der Waals surface area contributed by atoms with Crippen LogP contribution in [0.25, 0.3) is 0 Å². The molecule has 0 aliphatic carbocycles. The maximum atomic E-state index is 12.0. The summed E-state index contributed by atoms with van der Waals surface area (Å²) >= 11 is 0. The van der Waals surface area contributed by atoms with Crippen molar-refractivity contribution in [1.82, 2.24) is 9.88 Å². The summed E-state index contributed by atoms with van der Waals surface area (Å²) in [4.78, 5) is 22.8. The lowest BCUT2D eigenvalue weighted by molar-refractivity contribution is -0.137. The van der Waals surface area contributed by atoms with Gasteiger partial charge in [-0.3, -0.25) is 9.59 Å². The quantitative estimate of drug-likeness (QED) is 0.851. The predicted molar refractivity (Wildman–Crippen MR) is 79.3 cm³/mol. The maximum Gasteiger partial charge on any atom is 0.323 e. The molecule has 0 fully saturated rings. The van der Waals surface area contributed by atoms with Crippen molar-refractivity contribution in [1.29, 1.82) is 0 Å². The number of rotatable bonds is 6. The first kappa shape index (κ1) is 14.8. The van der Waals surface area contributed by atoms with E-state index in [0.717, 1.165) is 12.0 Å². The van der Waals surface area contributed by atoms with Crippen molar-refractivity contribution in [2.75, 3.05) is 6.54 Å². The number of carbonyl (C=O) groups excluding carboxylic acids is 1. The lowest BCUT2D eigenvalue weighted by atomic mass is 10.1. The molecule has 0 bridgehead atoms. The van der Waals surface area contributed by atoms with Gasteiger partial charge in [0.15, 0.2) is 0 Å². The molecule has 2 N–H and O–H groups in total. The highest BCUT2D eigenvalue weighted by Gasteiger charge is 2.11. The summed E-state index contributed by atoms with van der Waals surface area (Å²) in [7, 11) is 0. The van der Waals surface area contributed by atoms with Gasteiger partial charge in [-0.15, -0.1) is 0 Å². The summed E-state index contributed by atoms with van der Waals surface area (Å²) in [5.41, 5.74) is 2.71. The second-order valence-corrected chi connectivity index (χ2v) is 4.91. The third kappa shape index (κ3) is 4.21. The van der Waals surface area contributed by atoms with Gasteiger partial charge in [0.1, 0.15) is 12.2 Å². The van der Waals surface area contributed by atoms with Crippen molar-refractivity contribution in [3.8, 4) is 0 Å². The molecule has 5 heteroatoms. The minimum absolute atomic E-state index is 0.215. The molecule has 0 radical (unpaired) electrons. The molecule has 0 saturated heterocycles. The zero-order valence-corrected chi connectivity index (χ0v) is 11.9. The fraction of sp³-hybridized carbons (Fsp3) is 0.250. The molecular weight excluding hydrogens is 268 g/mol. The molecule has 0 aliphatic heterocycles. The van der Waals surface area contributed by atoms with Gasteiger partial charge in [-0.05, 0) is 31.0 Å². The molecule has 2 rings (SSSR count). The van der Waals surface area contributed by atoms with Crippen LogP contribution in [0, 0.1) is 6.92 Å². The number of aromatic nitrogens is 1. The van der Waals surface area contributed by atoms with Crippen LogP contribution in [0.15, 0.2) is 42.6 Å². The van der Waals surface area contributed by atoms with Crippen LogP contribution in [0.5, 0.6) is 0 Å². The number of amides is 1. The number of aliphatic carboxylic acids is 1. The van der Waals surface area contributed by atoms with Crippen molar-refractivity contribution in [2.24, 2.45) is 0 Å². The molecule has 1 heterocycles. The van der Waals surface area contributed by atoms with Gasteiger partial charge in [0.05, 0.1) is 0 Å². The number of carbonyl (C=O) groups is 2. The van der Waals surface area contributed by atoms with Gasteiger partial charge in [-0.1, -0.05) is 29.8 Å². The second-order valence-electron chi connectivity index (χ2n) is 4.91. The number of aryl methyl sites for hydroxylation is 1. The third-order valence-electron chi connectivity index (χ3n) is 3.15. The Bertz CT molecular complexity index is 646. The molecule has 0 unspecified atom stereocenters. The van der Waals surface area contributed by atoms with Crippen LogP contribution in [0.3, 0.4) is 0 Å². The fourth-order valence-corrected chi connectivity index (χ4v) is 2.18. The molecule has 1 amide bonds. The first-order chi connectivity index (χ1) is 10.1. The summed E-state index contributed by atoms with van der Waals surface area (Å²) < 4.78 is 1.42. The molecular formula is C16H18N2O3. The monoisotopic (exact) mass is 286 g/mol. The lowest BCUT2D eigenvalue weighted by Crippen LogP contribution is -2.28. The highest BCUT2D eigenvalue weighted by atomic mass is 16.4. The average molecular weight is 286 g/mol. The Labute approximate surface area is 123 Å². The van der Waals surface area contributed by atoms with Gasteiger partial charge in [-0.25, -0.2) is 0 Å². The number of hydrogen-bond acceptors (Lipinski definition) is 2. The van der Waals surface area contributed by atoms with Crippen molar-refractivity contribution < 1.29 is 14.7 Å². The third-order valence-corrected chi connectivity index (χ3v) is 3.15. The second kappa shape index (κ2) is 6.74. The summed E-state index contributed by atoms with van der Waals surface area (Å²) in [6, 6.07) is 11.4. The number of nitrogens with one attached hydrogen (secondary N) is 1. The maximum absolute atomic E-state index is 12.0. The molecule has 0 spiro atoms. The van der Waals surface area contributed by atoms with Crippen LogP contribution in [0.2, 0.25) is 0 Å². The lowest BCUT2D eigenvalue weighted by Gasteiger charge is -2.08. The average Bonchev–Trinajstić information content (AvgIpc) is 2.86. The Morgan fingerprint density at radius 1 is 1.24 bits per heavy atom. The van der Waals surface area contributed by atoms with Gasteiger partial charge in [0.25, 0.3) is 5.91 Å². The largest absolute Gasteiger partial charge is 0.480 e. The number of nitrogens with zero attached hydrogens (tertiary/aromatic N) is 1. The molecule has 1 aromatic heterocycles. The van der Waals surface area contributed by atoms with E-state index in [1.54, 1.807) is 18.3 Å². The Morgan fingerprint density at radius 2 is 2.05 bits per heavy atom. The SMILES string of the molecule is Cc1cccc(CCNC(=O)c2cccn2CC(=O)O)c1. The van der Waals surface area contributed by atoms with E-state index >= 15 is 0 Å². The van der Waals surface area contributed by atoms with Crippen molar-refractivity contribution >= 4 is 11.9 Å². The highest BCUT2D eigenvalue weighted by Crippen LogP contribution is 2.05. The van der Waals surface area contributed by atoms with Gasteiger partial charge < -0.3 is 15.0 Å². The molecule has 0 aliphatic rings. The number of carboxylic acids is 1. The van der Waals surface area contributed by atoms with Gasteiger partial charge in [0.2, 0.25) is 0 Å². The van der Waals surface area contributed by atoms with E-state index in [2.05, 4.69) is 11.4 Å². The van der Waals surface area contributed by atoms with E-state index in [1.165, 1.54) is 10.1 Å². The minimum Gasteiger partial charge on any atom is -0.480 e. The summed E-state index contributed by atoms with van der Waals surface area (Å²) in [6.07, 6.45) is 2.33. The van der Waals surface area contributed by atoms with Crippen molar-refractivity contribution in [2.45, 2.75) is 19.9 Å². The van der Waals surface area contributed by atoms with Crippen LogP contribution in [0.4, 0.5) is 0 Å². The molecule has 110 valence electrons. The molecule has 0 saturated carbocycles. The smallest absolute Gasteiger partial charge is 0.323 e. The fourth-order valence-electron chi connectivity index (χ4n) is 2.18. The van der Waals surface area contributed by atoms with Crippen LogP contribution in [-0.2, 0) is 17.8 Å². The Kier molecular flexibility index (Phi) is 4.77. The van der Waals surface area contributed by atoms with Crippen LogP contribution >= 0.6 is 0 Å². The predicted octanol–water partition coefficient (Wildman–Crippen LogP) is 1.85. The summed E-state index contributed by atoms with van der Waals surface area (Å²) in [6.45, 7) is 2.33. The molecule has 1 aromatic carbocycles. The number of carboxylic acid groups (broad SMARTS) is 1. The van der Waals surface area contributed by atoms with Gasteiger partial charge in [0, 0.05) is 12.7 Å². The zero-order chi connectivity index (χ0) is 15.2. The molecule has 2 aromatic rings. The van der Waals surface area contributed by atoms with Gasteiger partial charge in [-0.2, -0.15) is 0 Å². The highest BCUT2D eigenvalue weighted by molar-refractivity contribution is 5.93. The van der Waals surface area contributed by atoms with Crippen LogP contribution in [0.1, 0.15) is 21.6 Å². The van der Waals surface area contributed by atoms with E-state index in [9.17, 15) is 9.59 Å². The number of hydrogen-bond donors (Lipinski definition) is 2. The summed E-state index contributed by atoms with van der Waals surface area (Å²) in [5, 5.41) is 11.6. The van der Waals surface area contributed by atoms with E-state index < -0.39 is 5.97 Å². The Balaban J connectivity index is 1.90. The zero-order valence-electron chi connectivity index (χ0n) is 11.9. The normalized spacial score (nSPS) is 10.3. The summed E-state index contributed by atoms with van der Waals surface area (Å²) in [5.74, 6) is -1.23. The van der Waals surface area contributed by atoms with Crippen molar-refractivity contribution in [3.63, 3.8) is 0 Å². The first-order valence-corrected chi connectivity index (χ1v) is 6.77. The topological polar surface area (TPSA) is 71.3 Å². The molecule has 5 nitrogen and oxygen atoms in total.